The minimum atomic E-state index is -0.179. The minimum absolute atomic E-state index is 0.0606. The maximum atomic E-state index is 11.4. The topological polar surface area (TPSA) is 50.7 Å². The van der Waals surface area contributed by atoms with E-state index in [4.69, 9.17) is 4.74 Å². The molecular formula is C17H24N2O2. The highest BCUT2D eigenvalue weighted by atomic mass is 16.5. The predicted octanol–water partition coefficient (Wildman–Crippen LogP) is 2.58. The number of hydrogen-bond donors (Lipinski definition) is 1. The zero-order chi connectivity index (χ0) is 15.2. The molecule has 0 spiro atoms. The van der Waals surface area contributed by atoms with Crippen molar-refractivity contribution in [1.82, 2.24) is 5.32 Å². The van der Waals surface area contributed by atoms with E-state index < -0.39 is 0 Å². The van der Waals surface area contributed by atoms with Gasteiger partial charge >= 0.3 is 0 Å². The fourth-order valence-electron chi connectivity index (χ4n) is 2.59. The zero-order valence-corrected chi connectivity index (χ0v) is 13.0. The van der Waals surface area contributed by atoms with Crippen molar-refractivity contribution in [2.24, 2.45) is 10.9 Å². The Kier molecular flexibility index (Phi) is 5.37. The molecule has 0 radical (unpaired) electrons. The summed E-state index contributed by atoms with van der Waals surface area (Å²) < 4.78 is 5.74. The van der Waals surface area contributed by atoms with E-state index in [0.29, 0.717) is 24.8 Å². The van der Waals surface area contributed by atoms with Crippen LogP contribution >= 0.6 is 0 Å². The number of hydrogen-bond acceptors (Lipinski definition) is 3. The Morgan fingerprint density at radius 2 is 2.10 bits per heavy atom. The summed E-state index contributed by atoms with van der Waals surface area (Å²) in [6, 6.07) is 10.1. The van der Waals surface area contributed by atoms with Gasteiger partial charge in [0.15, 0.2) is 0 Å². The predicted molar refractivity (Wildman–Crippen MR) is 84.4 cm³/mol. The summed E-state index contributed by atoms with van der Waals surface area (Å²) in [5.74, 6) is 1.20. The Morgan fingerprint density at radius 3 is 2.71 bits per heavy atom. The lowest BCUT2D eigenvalue weighted by Gasteiger charge is -2.17. The van der Waals surface area contributed by atoms with Crippen LogP contribution in [0.15, 0.2) is 35.3 Å². The Bertz CT molecular complexity index is 497. The molecule has 0 aromatic heterocycles. The molecule has 0 saturated heterocycles. The summed E-state index contributed by atoms with van der Waals surface area (Å²) in [5.41, 5.74) is 1.16. The maximum Gasteiger partial charge on any atom is 0.217 e. The highest BCUT2D eigenvalue weighted by Crippen LogP contribution is 2.17. The van der Waals surface area contributed by atoms with E-state index in [-0.39, 0.29) is 18.0 Å². The van der Waals surface area contributed by atoms with Crippen LogP contribution in [-0.4, -0.2) is 30.5 Å². The second kappa shape index (κ2) is 7.25. The van der Waals surface area contributed by atoms with Crippen molar-refractivity contribution in [3.05, 3.63) is 35.9 Å². The van der Waals surface area contributed by atoms with Gasteiger partial charge < -0.3 is 10.1 Å². The zero-order valence-electron chi connectivity index (χ0n) is 13.0. The van der Waals surface area contributed by atoms with E-state index in [2.05, 4.69) is 36.3 Å². The number of amides is 1. The molecule has 1 aromatic carbocycles. The number of rotatable bonds is 6. The summed E-state index contributed by atoms with van der Waals surface area (Å²) in [5, 5.41) is 2.95. The molecule has 0 bridgehead atoms. The monoisotopic (exact) mass is 288 g/mol. The van der Waals surface area contributed by atoms with E-state index in [0.717, 1.165) is 12.0 Å². The van der Waals surface area contributed by atoms with Gasteiger partial charge in [0, 0.05) is 13.3 Å². The van der Waals surface area contributed by atoms with Crippen LogP contribution in [0, 0.1) is 5.92 Å². The van der Waals surface area contributed by atoms with Crippen LogP contribution in [0.3, 0.4) is 0 Å². The third-order valence-electron chi connectivity index (χ3n) is 3.44. The molecule has 1 aliphatic heterocycles. The van der Waals surface area contributed by atoms with Gasteiger partial charge in [0.1, 0.15) is 12.6 Å². The molecule has 0 saturated carbocycles. The standard InChI is InChI=1S/C17H24N2O2/c1-12(2)9-15-11-21-17(19-15)16(18-13(3)20)10-14-7-5-4-6-8-14/h4-8,12,15-16H,9-11H2,1-3H3,(H,18,20)/t15?,16-/m0/s1. The molecule has 21 heavy (non-hydrogen) atoms. The first-order valence-corrected chi connectivity index (χ1v) is 7.56. The number of nitrogens with one attached hydrogen (secondary N) is 1. The summed E-state index contributed by atoms with van der Waals surface area (Å²) in [7, 11) is 0. The Labute approximate surface area is 126 Å². The van der Waals surface area contributed by atoms with Crippen LogP contribution in [0.25, 0.3) is 0 Å². The summed E-state index contributed by atoms with van der Waals surface area (Å²) in [4.78, 5) is 16.1. The fraction of sp³-hybridized carbons (Fsp3) is 0.529. The molecule has 4 nitrogen and oxygen atoms in total. The summed E-state index contributed by atoms with van der Waals surface area (Å²) in [6.07, 6.45) is 1.72. The Hall–Kier alpha value is -1.84. The van der Waals surface area contributed by atoms with E-state index in [1.165, 1.54) is 6.92 Å². The van der Waals surface area contributed by atoms with Crippen molar-refractivity contribution < 1.29 is 9.53 Å². The van der Waals surface area contributed by atoms with Gasteiger partial charge in [0.05, 0.1) is 6.04 Å². The molecule has 2 rings (SSSR count). The van der Waals surface area contributed by atoms with Crippen molar-refractivity contribution in [3.63, 3.8) is 0 Å². The third kappa shape index (κ3) is 4.88. The SMILES string of the molecule is CC(=O)N[C@@H](Cc1ccccc1)C1=NC(CC(C)C)CO1. The largest absolute Gasteiger partial charge is 0.477 e. The molecule has 0 aliphatic carbocycles. The van der Waals surface area contributed by atoms with Gasteiger partial charge in [-0.25, -0.2) is 4.99 Å². The lowest BCUT2D eigenvalue weighted by Crippen LogP contribution is -2.41. The van der Waals surface area contributed by atoms with Gasteiger partial charge in [-0.15, -0.1) is 0 Å². The third-order valence-corrected chi connectivity index (χ3v) is 3.44. The smallest absolute Gasteiger partial charge is 0.217 e. The van der Waals surface area contributed by atoms with Crippen LogP contribution < -0.4 is 5.32 Å². The first-order valence-electron chi connectivity index (χ1n) is 7.56. The molecule has 0 fully saturated rings. The van der Waals surface area contributed by atoms with Crippen molar-refractivity contribution in [1.29, 1.82) is 0 Å². The lowest BCUT2D eigenvalue weighted by molar-refractivity contribution is -0.119. The van der Waals surface area contributed by atoms with Gasteiger partial charge in [0.2, 0.25) is 11.8 Å². The molecule has 2 atom stereocenters. The molecule has 4 heteroatoms. The Balaban J connectivity index is 2.07. The summed E-state index contributed by atoms with van der Waals surface area (Å²) in [6.45, 7) is 6.52. The van der Waals surface area contributed by atoms with Crippen LogP contribution in [0.1, 0.15) is 32.8 Å². The molecule has 114 valence electrons. The van der Waals surface area contributed by atoms with E-state index in [1.807, 2.05) is 18.2 Å². The normalized spacial score (nSPS) is 19.0. The number of nitrogens with zero attached hydrogens (tertiary/aromatic N) is 1. The lowest BCUT2D eigenvalue weighted by atomic mass is 10.0. The van der Waals surface area contributed by atoms with Crippen LogP contribution in [-0.2, 0) is 16.0 Å². The molecule has 1 N–H and O–H groups in total. The quantitative estimate of drug-likeness (QED) is 0.874. The van der Waals surface area contributed by atoms with Gasteiger partial charge in [-0.2, -0.15) is 0 Å². The highest BCUT2D eigenvalue weighted by molar-refractivity contribution is 5.88. The summed E-state index contributed by atoms with van der Waals surface area (Å²) >= 11 is 0. The number of carbonyl (C=O) groups excluding carboxylic acids is 1. The van der Waals surface area contributed by atoms with Gasteiger partial charge in [-0.1, -0.05) is 44.2 Å². The fourth-order valence-corrected chi connectivity index (χ4v) is 2.59. The molecule has 1 heterocycles. The van der Waals surface area contributed by atoms with Crippen LogP contribution in [0.4, 0.5) is 0 Å². The van der Waals surface area contributed by atoms with Crippen LogP contribution in [0.5, 0.6) is 0 Å². The second-order valence-electron chi connectivity index (χ2n) is 6.00. The Morgan fingerprint density at radius 1 is 1.38 bits per heavy atom. The molecule has 1 amide bonds. The number of aliphatic imine (C=N–C) groups is 1. The minimum Gasteiger partial charge on any atom is -0.477 e. The first kappa shape index (κ1) is 15.5. The van der Waals surface area contributed by atoms with E-state index >= 15 is 0 Å². The molecule has 1 unspecified atom stereocenters. The first-order chi connectivity index (χ1) is 10.0. The van der Waals surface area contributed by atoms with Gasteiger partial charge in [-0.3, -0.25) is 4.79 Å². The average Bonchev–Trinajstić information content (AvgIpc) is 2.86. The van der Waals surface area contributed by atoms with Gasteiger partial charge in [-0.05, 0) is 17.9 Å². The molecular weight excluding hydrogens is 264 g/mol. The number of carbonyl (C=O) groups is 1. The van der Waals surface area contributed by atoms with Crippen molar-refractivity contribution in [2.75, 3.05) is 6.61 Å². The van der Waals surface area contributed by atoms with E-state index in [9.17, 15) is 4.79 Å². The van der Waals surface area contributed by atoms with Gasteiger partial charge in [0.25, 0.3) is 0 Å². The average molecular weight is 288 g/mol. The van der Waals surface area contributed by atoms with Crippen molar-refractivity contribution in [2.45, 2.75) is 45.7 Å². The van der Waals surface area contributed by atoms with Crippen molar-refractivity contribution >= 4 is 11.8 Å². The number of ether oxygens (including phenoxy) is 1. The molecule has 1 aromatic rings. The van der Waals surface area contributed by atoms with Crippen molar-refractivity contribution in [3.8, 4) is 0 Å². The highest BCUT2D eigenvalue weighted by Gasteiger charge is 2.27. The van der Waals surface area contributed by atoms with E-state index in [1.54, 1.807) is 0 Å². The molecule has 1 aliphatic rings. The maximum absolute atomic E-state index is 11.4. The van der Waals surface area contributed by atoms with Crippen LogP contribution in [0.2, 0.25) is 0 Å². The second-order valence-corrected chi connectivity index (χ2v) is 6.00. The number of benzene rings is 1.